The number of methoxy groups -OCH3 is 1. The van der Waals surface area contributed by atoms with Gasteiger partial charge in [0.2, 0.25) is 11.8 Å². The summed E-state index contributed by atoms with van der Waals surface area (Å²) in [7, 11) is 3.28. The van der Waals surface area contributed by atoms with E-state index in [0.717, 1.165) is 0 Å². The Labute approximate surface area is 59.3 Å². The van der Waals surface area contributed by atoms with E-state index in [4.69, 9.17) is 4.74 Å². The van der Waals surface area contributed by atoms with Crippen molar-refractivity contribution in [2.75, 3.05) is 19.5 Å². The number of hydrogen-bond acceptors (Lipinski definition) is 4. The van der Waals surface area contributed by atoms with Crippen LogP contribution in [0.4, 0.5) is 5.95 Å². The van der Waals surface area contributed by atoms with Crippen LogP contribution in [0.2, 0.25) is 0 Å². The first-order valence-electron chi connectivity index (χ1n) is 2.83. The van der Waals surface area contributed by atoms with Crippen molar-refractivity contribution in [3.8, 4) is 5.88 Å². The highest BCUT2D eigenvalue weighted by Gasteiger charge is 1.93. The van der Waals surface area contributed by atoms with E-state index in [1.807, 2.05) is 0 Å². The smallest absolute Gasteiger partial charge is 0.226 e. The molecule has 0 aliphatic heterocycles. The first kappa shape index (κ1) is 6.80. The molecule has 1 aromatic rings. The molecule has 0 amide bonds. The number of nitrogens with one attached hydrogen (secondary N) is 1. The molecule has 0 unspecified atom stereocenters. The Kier molecular flexibility index (Phi) is 2.04. The minimum absolute atomic E-state index is 0.444. The lowest BCUT2D eigenvalue weighted by atomic mass is 10.6. The monoisotopic (exact) mass is 138 g/mol. The molecule has 1 radical (unpaired) electrons. The maximum atomic E-state index is 4.81. The van der Waals surface area contributed by atoms with Crippen LogP contribution in [-0.2, 0) is 0 Å². The summed E-state index contributed by atoms with van der Waals surface area (Å²) in [6.07, 6.45) is 1.51. The van der Waals surface area contributed by atoms with Gasteiger partial charge >= 0.3 is 0 Å². The standard InChI is InChI=1S/C6H8N3O/c1-7-6-8-4-3-5(9-6)10-2/h4H,1-2H3,(H,7,8,9). The summed E-state index contributed by atoms with van der Waals surface area (Å²) in [5.74, 6) is 0.981. The third kappa shape index (κ3) is 1.34. The van der Waals surface area contributed by atoms with Crippen molar-refractivity contribution >= 4 is 5.95 Å². The quantitative estimate of drug-likeness (QED) is 0.639. The fraction of sp³-hybridized carbons (Fsp3) is 0.333. The largest absolute Gasteiger partial charge is 0.480 e. The highest BCUT2D eigenvalue weighted by atomic mass is 16.5. The molecule has 0 aliphatic rings. The Balaban J connectivity index is 2.87. The van der Waals surface area contributed by atoms with Crippen molar-refractivity contribution in [1.29, 1.82) is 0 Å². The summed E-state index contributed by atoms with van der Waals surface area (Å²) in [5, 5.41) is 2.78. The van der Waals surface area contributed by atoms with Crippen LogP contribution in [0.25, 0.3) is 0 Å². The number of anilines is 1. The molecule has 1 heterocycles. The number of hydrogen-bond donors (Lipinski definition) is 1. The van der Waals surface area contributed by atoms with Gasteiger partial charge in [-0.05, 0) is 0 Å². The van der Waals surface area contributed by atoms with Gasteiger partial charge in [0.1, 0.15) is 0 Å². The molecule has 4 nitrogen and oxygen atoms in total. The van der Waals surface area contributed by atoms with Gasteiger partial charge in [-0.25, -0.2) is 4.98 Å². The molecule has 0 aromatic carbocycles. The Bertz CT molecular complexity index is 195. The van der Waals surface area contributed by atoms with Gasteiger partial charge in [-0.3, -0.25) is 0 Å². The van der Waals surface area contributed by atoms with E-state index >= 15 is 0 Å². The fourth-order valence-corrected chi connectivity index (χ4v) is 0.531. The minimum Gasteiger partial charge on any atom is -0.480 e. The minimum atomic E-state index is 0.444. The van der Waals surface area contributed by atoms with Gasteiger partial charge in [0.25, 0.3) is 0 Å². The number of rotatable bonds is 2. The van der Waals surface area contributed by atoms with E-state index < -0.39 is 0 Å². The Morgan fingerprint density at radius 2 is 2.50 bits per heavy atom. The average Bonchev–Trinajstić information content (AvgIpc) is 2.05. The Morgan fingerprint density at radius 1 is 1.70 bits per heavy atom. The zero-order valence-corrected chi connectivity index (χ0v) is 5.88. The average molecular weight is 138 g/mol. The van der Waals surface area contributed by atoms with E-state index in [1.165, 1.54) is 13.3 Å². The molecule has 0 spiro atoms. The molecule has 1 aromatic heterocycles. The van der Waals surface area contributed by atoms with Gasteiger partial charge < -0.3 is 10.1 Å². The van der Waals surface area contributed by atoms with E-state index in [-0.39, 0.29) is 0 Å². The Morgan fingerprint density at radius 3 is 3.10 bits per heavy atom. The van der Waals surface area contributed by atoms with Gasteiger partial charge in [-0.2, -0.15) is 4.98 Å². The zero-order valence-electron chi connectivity index (χ0n) is 5.88. The number of aromatic nitrogens is 2. The van der Waals surface area contributed by atoms with Crippen molar-refractivity contribution in [3.63, 3.8) is 0 Å². The molecule has 0 fully saturated rings. The maximum absolute atomic E-state index is 4.81. The SMILES string of the molecule is CNc1nc[c]c(OC)n1. The van der Waals surface area contributed by atoms with Gasteiger partial charge in [0.05, 0.1) is 13.2 Å². The van der Waals surface area contributed by atoms with E-state index in [0.29, 0.717) is 11.8 Å². The van der Waals surface area contributed by atoms with Crippen molar-refractivity contribution < 1.29 is 4.74 Å². The van der Waals surface area contributed by atoms with Gasteiger partial charge in [-0.15, -0.1) is 0 Å². The summed E-state index contributed by atoms with van der Waals surface area (Å²) >= 11 is 0. The highest BCUT2D eigenvalue weighted by Crippen LogP contribution is 2.04. The molecule has 0 bridgehead atoms. The third-order valence-corrected chi connectivity index (χ3v) is 0.999. The first-order valence-corrected chi connectivity index (χ1v) is 2.83. The van der Waals surface area contributed by atoms with Crippen LogP contribution in [0, 0.1) is 6.07 Å². The lowest BCUT2D eigenvalue weighted by Gasteiger charge is -1.98. The second-order valence-corrected chi connectivity index (χ2v) is 1.60. The second-order valence-electron chi connectivity index (χ2n) is 1.60. The topological polar surface area (TPSA) is 47.0 Å². The molecule has 0 aliphatic carbocycles. The molecule has 53 valence electrons. The van der Waals surface area contributed by atoms with Crippen LogP contribution in [0.15, 0.2) is 6.20 Å². The van der Waals surface area contributed by atoms with Crippen LogP contribution in [-0.4, -0.2) is 24.1 Å². The van der Waals surface area contributed by atoms with Crippen molar-refractivity contribution in [2.24, 2.45) is 0 Å². The zero-order chi connectivity index (χ0) is 7.40. The van der Waals surface area contributed by atoms with Gasteiger partial charge in [0.15, 0.2) is 0 Å². The van der Waals surface area contributed by atoms with Crippen LogP contribution >= 0.6 is 0 Å². The van der Waals surface area contributed by atoms with Crippen LogP contribution in [0.5, 0.6) is 5.88 Å². The second kappa shape index (κ2) is 3.00. The van der Waals surface area contributed by atoms with E-state index in [2.05, 4.69) is 21.4 Å². The van der Waals surface area contributed by atoms with Crippen molar-refractivity contribution in [3.05, 3.63) is 12.3 Å². The maximum Gasteiger partial charge on any atom is 0.226 e. The lowest BCUT2D eigenvalue weighted by molar-refractivity contribution is 0.396. The van der Waals surface area contributed by atoms with E-state index in [1.54, 1.807) is 7.05 Å². The first-order chi connectivity index (χ1) is 4.86. The molecule has 10 heavy (non-hydrogen) atoms. The van der Waals surface area contributed by atoms with Crippen LogP contribution < -0.4 is 10.1 Å². The summed E-state index contributed by atoms with van der Waals surface area (Å²) < 4.78 is 4.81. The number of ether oxygens (including phenoxy) is 1. The summed E-state index contributed by atoms with van der Waals surface area (Å²) in [6.45, 7) is 0. The van der Waals surface area contributed by atoms with Crippen molar-refractivity contribution in [2.45, 2.75) is 0 Å². The van der Waals surface area contributed by atoms with E-state index in [9.17, 15) is 0 Å². The molecular formula is C6H8N3O. The normalized spacial score (nSPS) is 9.00. The number of nitrogens with zero attached hydrogens (tertiary/aromatic N) is 2. The predicted molar refractivity (Wildman–Crippen MR) is 37.0 cm³/mol. The predicted octanol–water partition coefficient (Wildman–Crippen LogP) is 0.327. The molecule has 4 heteroatoms. The summed E-state index contributed by atoms with van der Waals surface area (Å²) in [4.78, 5) is 7.76. The molecule has 0 saturated heterocycles. The molecule has 0 atom stereocenters. The summed E-state index contributed by atoms with van der Waals surface area (Å²) in [6, 6.07) is 2.71. The summed E-state index contributed by atoms with van der Waals surface area (Å²) in [5.41, 5.74) is 0. The van der Waals surface area contributed by atoms with Crippen LogP contribution in [0.1, 0.15) is 0 Å². The third-order valence-electron chi connectivity index (χ3n) is 0.999. The van der Waals surface area contributed by atoms with Crippen molar-refractivity contribution in [1.82, 2.24) is 9.97 Å². The highest BCUT2D eigenvalue weighted by molar-refractivity contribution is 5.25. The van der Waals surface area contributed by atoms with Gasteiger partial charge in [0, 0.05) is 13.2 Å². The Hall–Kier alpha value is -1.32. The van der Waals surface area contributed by atoms with Crippen LogP contribution in [0.3, 0.4) is 0 Å². The van der Waals surface area contributed by atoms with Gasteiger partial charge in [-0.1, -0.05) is 0 Å². The fourth-order valence-electron chi connectivity index (χ4n) is 0.531. The molecule has 1 N–H and O–H groups in total. The molecule has 0 saturated carbocycles. The molecule has 1 rings (SSSR count). The lowest BCUT2D eigenvalue weighted by Crippen LogP contribution is -1.97. The molecular weight excluding hydrogens is 130 g/mol.